The first-order valence-electron chi connectivity index (χ1n) is 5.91. The van der Waals surface area contributed by atoms with Crippen LogP contribution in [0.1, 0.15) is 30.1 Å². The summed E-state index contributed by atoms with van der Waals surface area (Å²) in [6, 6.07) is 4.79. The van der Waals surface area contributed by atoms with Crippen LogP contribution in [0.4, 0.5) is 0 Å². The number of rotatable bonds is 6. The van der Waals surface area contributed by atoms with E-state index >= 15 is 0 Å². The fourth-order valence-corrected chi connectivity index (χ4v) is 2.01. The van der Waals surface area contributed by atoms with E-state index in [0.29, 0.717) is 19.4 Å². The van der Waals surface area contributed by atoms with Gasteiger partial charge < -0.3 is 15.5 Å². The van der Waals surface area contributed by atoms with E-state index in [2.05, 4.69) is 27.9 Å². The number of hydrogen-bond donors (Lipinski definition) is 3. The first-order chi connectivity index (χ1) is 8.91. The van der Waals surface area contributed by atoms with Gasteiger partial charge in [0.15, 0.2) is 0 Å². The fourth-order valence-electron chi connectivity index (χ4n) is 1.52. The second kappa shape index (κ2) is 7.32. The van der Waals surface area contributed by atoms with Crippen LogP contribution in [0.15, 0.2) is 18.2 Å². The number of carboxylic acids is 1. The van der Waals surface area contributed by atoms with Crippen LogP contribution >= 0.6 is 22.6 Å². The van der Waals surface area contributed by atoms with Gasteiger partial charge >= 0.3 is 5.97 Å². The van der Waals surface area contributed by atoms with E-state index in [-0.39, 0.29) is 17.2 Å². The fraction of sp³-hybridized carbons (Fsp3) is 0.385. The minimum absolute atomic E-state index is 0.0585. The molecule has 0 bridgehead atoms. The van der Waals surface area contributed by atoms with Crippen LogP contribution in [-0.2, 0) is 4.79 Å². The van der Waals surface area contributed by atoms with Gasteiger partial charge in [-0.15, -0.1) is 0 Å². The van der Waals surface area contributed by atoms with Crippen LogP contribution in [-0.4, -0.2) is 28.6 Å². The van der Waals surface area contributed by atoms with Crippen LogP contribution < -0.4 is 5.32 Å². The lowest BCUT2D eigenvalue weighted by Gasteiger charge is -2.08. The molecule has 0 spiro atoms. The van der Waals surface area contributed by atoms with E-state index in [1.807, 2.05) is 0 Å². The minimum atomic E-state index is -0.832. The first-order valence-corrected chi connectivity index (χ1v) is 6.99. The predicted molar refractivity (Wildman–Crippen MR) is 79.2 cm³/mol. The molecule has 1 rings (SSSR count). The van der Waals surface area contributed by atoms with Crippen LogP contribution in [0.2, 0.25) is 0 Å². The Bertz CT molecular complexity index is 476. The molecule has 5 nitrogen and oxygen atoms in total. The van der Waals surface area contributed by atoms with Crippen molar-refractivity contribution in [2.45, 2.75) is 19.8 Å². The van der Waals surface area contributed by atoms with Crippen LogP contribution in [0.3, 0.4) is 0 Å². The Balaban J connectivity index is 2.43. The molecule has 104 valence electrons. The largest absolute Gasteiger partial charge is 0.507 e. The summed E-state index contributed by atoms with van der Waals surface area (Å²) in [4.78, 5) is 22.4. The Morgan fingerprint density at radius 1 is 1.42 bits per heavy atom. The van der Waals surface area contributed by atoms with Crippen molar-refractivity contribution in [1.82, 2.24) is 5.32 Å². The van der Waals surface area contributed by atoms with Gasteiger partial charge in [-0.05, 0) is 53.6 Å². The second-order valence-corrected chi connectivity index (χ2v) is 5.54. The predicted octanol–water partition coefficient (Wildman–Crippen LogP) is 2.23. The number of carboxylic acid groups (broad SMARTS) is 1. The SMILES string of the molecule is CC(CCCNC(=O)c1cc(I)ccc1O)C(=O)O. The number of carbonyl (C=O) groups is 2. The zero-order valence-corrected chi connectivity index (χ0v) is 12.7. The first kappa shape index (κ1) is 15.7. The molecule has 0 heterocycles. The molecule has 6 heteroatoms. The molecule has 3 N–H and O–H groups in total. The maximum absolute atomic E-state index is 11.8. The molecule has 0 saturated heterocycles. The number of aliphatic carboxylic acids is 1. The van der Waals surface area contributed by atoms with E-state index in [4.69, 9.17) is 5.11 Å². The van der Waals surface area contributed by atoms with Gasteiger partial charge in [0.1, 0.15) is 5.75 Å². The number of benzene rings is 1. The number of halogens is 1. The average Bonchev–Trinajstić information content (AvgIpc) is 2.36. The molecule has 0 aliphatic carbocycles. The van der Waals surface area contributed by atoms with Crippen molar-refractivity contribution in [1.29, 1.82) is 0 Å². The monoisotopic (exact) mass is 377 g/mol. The Morgan fingerprint density at radius 2 is 2.11 bits per heavy atom. The van der Waals surface area contributed by atoms with Gasteiger partial charge in [-0.1, -0.05) is 6.92 Å². The standard InChI is InChI=1S/C13H16INO4/c1-8(13(18)19)3-2-6-15-12(17)10-7-9(14)4-5-11(10)16/h4-5,7-8,16H,2-3,6H2,1H3,(H,15,17)(H,18,19). The molecule has 1 atom stereocenters. The zero-order valence-electron chi connectivity index (χ0n) is 10.5. The summed E-state index contributed by atoms with van der Waals surface area (Å²) in [5.74, 6) is -1.65. The molecular formula is C13H16INO4. The van der Waals surface area contributed by atoms with Crippen molar-refractivity contribution in [2.75, 3.05) is 6.54 Å². The molecule has 0 saturated carbocycles. The van der Waals surface area contributed by atoms with Crippen LogP contribution in [0.25, 0.3) is 0 Å². The third kappa shape index (κ3) is 5.06. The van der Waals surface area contributed by atoms with Crippen molar-refractivity contribution in [3.05, 3.63) is 27.3 Å². The maximum atomic E-state index is 11.8. The van der Waals surface area contributed by atoms with Crippen molar-refractivity contribution >= 4 is 34.5 Å². The van der Waals surface area contributed by atoms with E-state index in [0.717, 1.165) is 3.57 Å². The van der Waals surface area contributed by atoms with E-state index in [1.54, 1.807) is 19.1 Å². The Kier molecular flexibility index (Phi) is 6.07. The normalized spacial score (nSPS) is 11.9. The number of nitrogens with one attached hydrogen (secondary N) is 1. The zero-order chi connectivity index (χ0) is 14.4. The highest BCUT2D eigenvalue weighted by atomic mass is 127. The molecule has 0 aromatic heterocycles. The lowest BCUT2D eigenvalue weighted by atomic mass is 10.1. The summed E-state index contributed by atoms with van der Waals surface area (Å²) in [5, 5.41) is 21.0. The summed E-state index contributed by atoms with van der Waals surface area (Å²) in [5.41, 5.74) is 0.234. The lowest BCUT2D eigenvalue weighted by Crippen LogP contribution is -2.25. The number of aromatic hydroxyl groups is 1. The number of amides is 1. The quantitative estimate of drug-likeness (QED) is 0.524. The number of phenolic OH excluding ortho intramolecular Hbond substituents is 1. The summed E-state index contributed by atoms with van der Waals surface area (Å²) >= 11 is 2.06. The highest BCUT2D eigenvalue weighted by Gasteiger charge is 2.12. The summed E-state index contributed by atoms with van der Waals surface area (Å²) in [7, 11) is 0. The molecule has 0 aliphatic rings. The van der Waals surface area contributed by atoms with Crippen molar-refractivity contribution in [2.24, 2.45) is 5.92 Å². The smallest absolute Gasteiger partial charge is 0.306 e. The van der Waals surface area contributed by atoms with Crippen molar-refractivity contribution < 1.29 is 19.8 Å². The summed E-state index contributed by atoms with van der Waals surface area (Å²) in [6.45, 7) is 2.02. The van der Waals surface area contributed by atoms with Gasteiger partial charge in [-0.3, -0.25) is 9.59 Å². The van der Waals surface area contributed by atoms with E-state index < -0.39 is 11.9 Å². The molecule has 0 radical (unpaired) electrons. The van der Waals surface area contributed by atoms with Crippen LogP contribution in [0, 0.1) is 9.49 Å². The highest BCUT2D eigenvalue weighted by Crippen LogP contribution is 2.19. The average molecular weight is 377 g/mol. The third-order valence-corrected chi connectivity index (χ3v) is 3.40. The van der Waals surface area contributed by atoms with Crippen LogP contribution in [0.5, 0.6) is 5.75 Å². The highest BCUT2D eigenvalue weighted by molar-refractivity contribution is 14.1. The number of hydrogen-bond acceptors (Lipinski definition) is 3. The third-order valence-electron chi connectivity index (χ3n) is 2.72. The van der Waals surface area contributed by atoms with Gasteiger partial charge in [0.05, 0.1) is 11.5 Å². The van der Waals surface area contributed by atoms with Crippen molar-refractivity contribution in [3.8, 4) is 5.75 Å². The van der Waals surface area contributed by atoms with E-state index in [1.165, 1.54) is 6.07 Å². The van der Waals surface area contributed by atoms with Gasteiger partial charge in [0.2, 0.25) is 0 Å². The molecular weight excluding hydrogens is 361 g/mol. The van der Waals surface area contributed by atoms with Crippen molar-refractivity contribution in [3.63, 3.8) is 0 Å². The van der Waals surface area contributed by atoms with Gasteiger partial charge in [-0.25, -0.2) is 0 Å². The second-order valence-electron chi connectivity index (χ2n) is 4.30. The van der Waals surface area contributed by atoms with Gasteiger partial charge in [0, 0.05) is 10.1 Å². The molecule has 0 fully saturated rings. The van der Waals surface area contributed by atoms with Gasteiger partial charge in [-0.2, -0.15) is 0 Å². The molecule has 1 aromatic carbocycles. The molecule has 1 aromatic rings. The Morgan fingerprint density at radius 3 is 2.74 bits per heavy atom. The minimum Gasteiger partial charge on any atom is -0.507 e. The van der Waals surface area contributed by atoms with E-state index in [9.17, 15) is 14.7 Å². The topological polar surface area (TPSA) is 86.6 Å². The molecule has 1 unspecified atom stereocenters. The Hall–Kier alpha value is -1.31. The molecule has 0 aliphatic heterocycles. The Labute approximate surface area is 125 Å². The maximum Gasteiger partial charge on any atom is 0.306 e. The molecule has 19 heavy (non-hydrogen) atoms. The number of phenols is 1. The number of carbonyl (C=O) groups excluding carboxylic acids is 1. The molecule has 1 amide bonds. The summed E-state index contributed by atoms with van der Waals surface area (Å²) < 4.78 is 0.861. The summed E-state index contributed by atoms with van der Waals surface area (Å²) in [6.07, 6.45) is 1.10. The van der Waals surface area contributed by atoms with Gasteiger partial charge in [0.25, 0.3) is 5.91 Å². The lowest BCUT2D eigenvalue weighted by molar-refractivity contribution is -0.141.